The molecule has 1 saturated heterocycles. The van der Waals surface area contributed by atoms with Gasteiger partial charge in [-0.15, -0.1) is 0 Å². The molecular formula is C17H22N4OS. The van der Waals surface area contributed by atoms with E-state index in [9.17, 15) is 4.79 Å². The van der Waals surface area contributed by atoms with Gasteiger partial charge in [0.05, 0.1) is 0 Å². The van der Waals surface area contributed by atoms with Gasteiger partial charge in [0.25, 0.3) is 0 Å². The van der Waals surface area contributed by atoms with Crippen molar-refractivity contribution in [2.45, 2.75) is 39.2 Å². The first-order valence-electron chi connectivity index (χ1n) is 8.15. The lowest BCUT2D eigenvalue weighted by atomic mass is 10.1. The number of likely N-dealkylation sites (tertiary alicyclic amines) is 1. The quantitative estimate of drug-likeness (QED) is 0.878. The fourth-order valence-corrected chi connectivity index (χ4v) is 3.14. The van der Waals surface area contributed by atoms with Gasteiger partial charge in [-0.05, 0) is 32.0 Å². The normalized spacial score (nSPS) is 15.4. The number of nitrogens with one attached hydrogen (secondary N) is 1. The van der Waals surface area contributed by atoms with Crippen molar-refractivity contribution in [2.75, 3.05) is 13.1 Å². The Morgan fingerprint density at radius 1 is 1.17 bits per heavy atom. The van der Waals surface area contributed by atoms with Crippen LogP contribution >= 0.6 is 12.2 Å². The molecule has 1 N–H and O–H groups in total. The number of aromatic amines is 1. The van der Waals surface area contributed by atoms with E-state index in [1.807, 2.05) is 36.1 Å². The summed E-state index contributed by atoms with van der Waals surface area (Å²) in [6.45, 7) is 4.00. The summed E-state index contributed by atoms with van der Waals surface area (Å²) in [5, 5.41) is 7.12. The van der Waals surface area contributed by atoms with Crippen LogP contribution in [0.4, 0.5) is 0 Å². The van der Waals surface area contributed by atoms with Gasteiger partial charge in [0.15, 0.2) is 10.6 Å². The molecule has 5 nitrogen and oxygen atoms in total. The Bertz CT molecular complexity index is 724. The Morgan fingerprint density at radius 2 is 1.83 bits per heavy atom. The largest absolute Gasteiger partial charge is 0.341 e. The monoisotopic (exact) mass is 330 g/mol. The molecule has 1 amide bonds. The average molecular weight is 330 g/mol. The van der Waals surface area contributed by atoms with Crippen LogP contribution in [0.2, 0.25) is 0 Å². The molecule has 3 rings (SSSR count). The maximum absolute atomic E-state index is 12.6. The molecule has 0 unspecified atom stereocenters. The maximum Gasteiger partial charge on any atom is 0.242 e. The van der Waals surface area contributed by atoms with Crippen LogP contribution in [0.5, 0.6) is 0 Å². The molecule has 23 heavy (non-hydrogen) atoms. The number of hydrogen-bond acceptors (Lipinski definition) is 3. The van der Waals surface area contributed by atoms with E-state index in [4.69, 9.17) is 12.2 Å². The fraction of sp³-hybridized carbons (Fsp3) is 0.471. The minimum Gasteiger partial charge on any atom is -0.341 e. The molecule has 122 valence electrons. The molecule has 0 saturated carbocycles. The number of hydrogen-bond donors (Lipinski definition) is 1. The fourth-order valence-electron chi connectivity index (χ4n) is 2.94. The van der Waals surface area contributed by atoms with E-state index in [0.29, 0.717) is 4.77 Å². The molecule has 1 aromatic carbocycles. The highest BCUT2D eigenvalue weighted by Crippen LogP contribution is 2.18. The number of nitrogens with zero attached hydrogens (tertiary/aromatic N) is 3. The lowest BCUT2D eigenvalue weighted by Crippen LogP contribution is -2.34. The number of H-pyrrole nitrogens is 1. The summed E-state index contributed by atoms with van der Waals surface area (Å²) >= 11 is 5.32. The minimum atomic E-state index is 0.123. The minimum absolute atomic E-state index is 0.123. The van der Waals surface area contributed by atoms with E-state index < -0.39 is 0 Å². The van der Waals surface area contributed by atoms with Crippen LogP contribution in [-0.4, -0.2) is 38.7 Å². The second-order valence-corrected chi connectivity index (χ2v) is 6.49. The zero-order chi connectivity index (χ0) is 16.2. The lowest BCUT2D eigenvalue weighted by Gasteiger charge is -2.20. The summed E-state index contributed by atoms with van der Waals surface area (Å²) in [7, 11) is 0. The molecule has 0 bridgehead atoms. The highest BCUT2D eigenvalue weighted by Gasteiger charge is 2.18. The van der Waals surface area contributed by atoms with Crippen LogP contribution in [0.1, 0.15) is 31.2 Å². The molecule has 0 spiro atoms. The predicted molar refractivity (Wildman–Crippen MR) is 92.6 cm³/mol. The van der Waals surface area contributed by atoms with Crippen molar-refractivity contribution in [3.8, 4) is 11.4 Å². The smallest absolute Gasteiger partial charge is 0.242 e. The third kappa shape index (κ3) is 3.69. The van der Waals surface area contributed by atoms with Crippen molar-refractivity contribution in [2.24, 2.45) is 0 Å². The number of aryl methyl sites for hydroxylation is 1. The van der Waals surface area contributed by atoms with Crippen molar-refractivity contribution in [3.05, 3.63) is 34.6 Å². The van der Waals surface area contributed by atoms with E-state index in [1.54, 1.807) is 4.57 Å². The van der Waals surface area contributed by atoms with E-state index >= 15 is 0 Å². The second-order valence-electron chi connectivity index (χ2n) is 6.10. The van der Waals surface area contributed by atoms with Gasteiger partial charge in [0.1, 0.15) is 6.54 Å². The SMILES string of the molecule is Cc1ccc(-c2n[nH]c(=S)n2CC(=O)N2CCCCCC2)cc1. The second kappa shape index (κ2) is 7.08. The molecule has 1 aromatic heterocycles. The first-order valence-corrected chi connectivity index (χ1v) is 8.56. The van der Waals surface area contributed by atoms with Crippen LogP contribution in [0, 0.1) is 11.7 Å². The lowest BCUT2D eigenvalue weighted by molar-refractivity contribution is -0.131. The Hall–Kier alpha value is -1.95. The summed E-state index contributed by atoms with van der Waals surface area (Å²) < 4.78 is 2.29. The van der Waals surface area contributed by atoms with Crippen LogP contribution in [-0.2, 0) is 11.3 Å². The number of benzene rings is 1. The van der Waals surface area contributed by atoms with Crippen LogP contribution < -0.4 is 0 Å². The van der Waals surface area contributed by atoms with E-state index in [0.717, 1.165) is 37.3 Å². The summed E-state index contributed by atoms with van der Waals surface area (Å²) in [6.07, 6.45) is 4.60. The number of carbonyl (C=O) groups excluding carboxylic acids is 1. The van der Waals surface area contributed by atoms with Gasteiger partial charge < -0.3 is 4.90 Å². The Kier molecular flexibility index (Phi) is 4.91. The maximum atomic E-state index is 12.6. The van der Waals surface area contributed by atoms with Gasteiger partial charge in [-0.1, -0.05) is 42.7 Å². The summed E-state index contributed by atoms with van der Waals surface area (Å²) in [4.78, 5) is 14.6. The molecule has 0 aliphatic carbocycles. The third-order valence-corrected chi connectivity index (χ3v) is 4.63. The third-order valence-electron chi connectivity index (χ3n) is 4.32. The van der Waals surface area contributed by atoms with Gasteiger partial charge in [0.2, 0.25) is 5.91 Å². The van der Waals surface area contributed by atoms with Crippen LogP contribution in [0.15, 0.2) is 24.3 Å². The topological polar surface area (TPSA) is 53.9 Å². The van der Waals surface area contributed by atoms with Gasteiger partial charge in [-0.25, -0.2) is 0 Å². The molecular weight excluding hydrogens is 308 g/mol. The Labute approximate surface area is 141 Å². The Balaban J connectivity index is 1.82. The number of amides is 1. The number of carbonyl (C=O) groups is 1. The molecule has 1 aliphatic rings. The highest BCUT2D eigenvalue weighted by atomic mass is 32.1. The van der Waals surface area contributed by atoms with Gasteiger partial charge in [-0.2, -0.15) is 5.10 Å². The van der Waals surface area contributed by atoms with Crippen LogP contribution in [0.25, 0.3) is 11.4 Å². The van der Waals surface area contributed by atoms with Crippen molar-refractivity contribution in [3.63, 3.8) is 0 Å². The van der Waals surface area contributed by atoms with Crippen molar-refractivity contribution >= 4 is 18.1 Å². The van der Waals surface area contributed by atoms with Crippen LogP contribution in [0.3, 0.4) is 0 Å². The zero-order valence-electron chi connectivity index (χ0n) is 13.4. The van der Waals surface area contributed by atoms with Crippen molar-refractivity contribution in [1.29, 1.82) is 0 Å². The highest BCUT2D eigenvalue weighted by molar-refractivity contribution is 7.71. The molecule has 2 heterocycles. The van der Waals surface area contributed by atoms with Gasteiger partial charge in [0, 0.05) is 18.7 Å². The number of rotatable bonds is 3. The molecule has 1 aliphatic heterocycles. The van der Waals surface area contributed by atoms with Crippen molar-refractivity contribution < 1.29 is 4.79 Å². The molecule has 1 fully saturated rings. The standard InChI is InChI=1S/C17H22N4OS/c1-13-6-8-14(9-7-13)16-18-19-17(23)21(16)12-15(22)20-10-4-2-3-5-11-20/h6-9H,2-5,10-12H2,1H3,(H,19,23). The summed E-state index contributed by atoms with van der Waals surface area (Å²) in [6, 6.07) is 8.09. The molecule has 0 atom stereocenters. The van der Waals surface area contributed by atoms with E-state index in [1.165, 1.54) is 18.4 Å². The van der Waals surface area contributed by atoms with Crippen molar-refractivity contribution in [1.82, 2.24) is 19.7 Å². The first-order chi connectivity index (χ1) is 11.1. The summed E-state index contributed by atoms with van der Waals surface area (Å²) in [5.74, 6) is 0.843. The predicted octanol–water partition coefficient (Wildman–Crippen LogP) is 3.32. The first kappa shape index (κ1) is 15.9. The van der Waals surface area contributed by atoms with E-state index in [-0.39, 0.29) is 12.5 Å². The molecule has 6 heteroatoms. The Morgan fingerprint density at radius 3 is 2.48 bits per heavy atom. The molecule has 0 radical (unpaired) electrons. The average Bonchev–Trinajstić information content (AvgIpc) is 2.78. The van der Waals surface area contributed by atoms with Gasteiger partial charge in [-0.3, -0.25) is 14.5 Å². The summed E-state index contributed by atoms with van der Waals surface area (Å²) in [5.41, 5.74) is 2.15. The number of aromatic nitrogens is 3. The van der Waals surface area contributed by atoms with E-state index in [2.05, 4.69) is 10.2 Å². The van der Waals surface area contributed by atoms with Gasteiger partial charge >= 0.3 is 0 Å². The molecule has 2 aromatic rings. The zero-order valence-corrected chi connectivity index (χ0v) is 14.2.